The molecule has 12 heteroatoms. The number of benzene rings is 2. The highest BCUT2D eigenvalue weighted by Crippen LogP contribution is 2.30. The molecule has 1 fully saturated rings. The second-order valence-corrected chi connectivity index (χ2v) is 12.0. The van der Waals surface area contributed by atoms with E-state index in [1.165, 1.54) is 11.1 Å². The van der Waals surface area contributed by atoms with Gasteiger partial charge >= 0.3 is 22.2 Å². The van der Waals surface area contributed by atoms with E-state index in [-0.39, 0.29) is 11.8 Å². The second kappa shape index (κ2) is 11.4. The molecule has 0 atom stereocenters. The van der Waals surface area contributed by atoms with Gasteiger partial charge in [-0.15, -0.1) is 0 Å². The molecule has 0 unspecified atom stereocenters. The highest BCUT2D eigenvalue weighted by Gasteiger charge is 2.31. The van der Waals surface area contributed by atoms with Gasteiger partial charge < -0.3 is 35.1 Å². The minimum atomic E-state index is -0.651. The Balaban J connectivity index is 0.000000167. The van der Waals surface area contributed by atoms with Gasteiger partial charge in [0.1, 0.15) is 0 Å². The minimum Gasteiger partial charge on any atom is -0.338 e. The summed E-state index contributed by atoms with van der Waals surface area (Å²) in [5.41, 5.74) is 7.00. The number of amides is 1. The number of aromatic nitrogens is 4. The average molecular weight is 588 g/mol. The first-order valence-electron chi connectivity index (χ1n) is 14.8. The number of aryl methyl sites for hydroxylation is 2. The van der Waals surface area contributed by atoms with Crippen LogP contribution in [0.4, 0.5) is 0 Å². The van der Waals surface area contributed by atoms with Gasteiger partial charge in [-0.2, -0.15) is 0 Å². The van der Waals surface area contributed by atoms with Crippen molar-refractivity contribution in [1.29, 1.82) is 0 Å². The number of nitrogens with zero attached hydrogens (tertiary/aromatic N) is 2. The van der Waals surface area contributed by atoms with Gasteiger partial charge in [-0.05, 0) is 106 Å². The summed E-state index contributed by atoms with van der Waals surface area (Å²) in [6, 6.07) is 3.83. The van der Waals surface area contributed by atoms with Gasteiger partial charge in [0.05, 0.1) is 22.1 Å². The van der Waals surface area contributed by atoms with Crippen LogP contribution in [0.1, 0.15) is 46.2 Å². The van der Waals surface area contributed by atoms with Crippen LogP contribution in [0.3, 0.4) is 0 Å². The van der Waals surface area contributed by atoms with E-state index in [4.69, 9.17) is 0 Å². The molecule has 4 aromatic rings. The summed E-state index contributed by atoms with van der Waals surface area (Å²) >= 11 is 0. The maximum absolute atomic E-state index is 13.0. The standard InChI is InChI=1S/C19H24N4O3.C12H13N3O2/c1-11-9-15-16(21-18(25)17(24)20-15)14-10-23(8-5-13(11)14)19(26)12-3-6-22(2)7-4-12;1-6-4-9-10(15-12(17)11(16)14-9)8-5-13-3-2-7(6)8/h9,12H,3-8,10H2,1-2H3,(H,20,24)(H,21,25);4,13H,2-3,5H2,1H3,(H,14,16)(H,15,17). The number of aromatic amines is 4. The van der Waals surface area contributed by atoms with Crippen LogP contribution in [-0.4, -0.2) is 68.9 Å². The van der Waals surface area contributed by atoms with Crippen molar-refractivity contribution in [3.05, 3.63) is 86.9 Å². The highest BCUT2D eigenvalue weighted by atomic mass is 16.2. The molecular formula is C31H37N7O5. The van der Waals surface area contributed by atoms with Gasteiger partial charge in [-0.1, -0.05) is 0 Å². The molecule has 3 aliphatic heterocycles. The summed E-state index contributed by atoms with van der Waals surface area (Å²) in [7, 11) is 2.09. The largest absolute Gasteiger partial charge is 0.338 e. The number of carbonyl (C=O) groups excluding carboxylic acids is 1. The molecule has 43 heavy (non-hydrogen) atoms. The molecule has 12 nitrogen and oxygen atoms in total. The number of carbonyl (C=O) groups is 1. The van der Waals surface area contributed by atoms with E-state index in [1.54, 1.807) is 0 Å². The number of hydrogen-bond donors (Lipinski definition) is 5. The van der Waals surface area contributed by atoms with E-state index in [9.17, 15) is 24.0 Å². The lowest BCUT2D eigenvalue weighted by Crippen LogP contribution is -2.44. The summed E-state index contributed by atoms with van der Waals surface area (Å²) in [5, 5.41) is 3.28. The first-order valence-corrected chi connectivity index (χ1v) is 14.8. The normalized spacial score (nSPS) is 17.3. The maximum atomic E-state index is 13.0. The van der Waals surface area contributed by atoms with Gasteiger partial charge in [0.15, 0.2) is 0 Å². The van der Waals surface area contributed by atoms with Crippen LogP contribution in [0.5, 0.6) is 0 Å². The van der Waals surface area contributed by atoms with Crippen LogP contribution in [0.15, 0.2) is 31.3 Å². The predicted octanol–water partition coefficient (Wildman–Crippen LogP) is 0.922. The fourth-order valence-corrected chi connectivity index (χ4v) is 6.75. The molecule has 0 spiro atoms. The summed E-state index contributed by atoms with van der Waals surface area (Å²) in [4.78, 5) is 74.0. The van der Waals surface area contributed by atoms with Crippen molar-refractivity contribution in [2.45, 2.75) is 52.6 Å². The molecule has 2 aromatic carbocycles. The van der Waals surface area contributed by atoms with Crippen molar-refractivity contribution in [2.75, 3.05) is 33.2 Å². The summed E-state index contributed by atoms with van der Waals surface area (Å²) in [6.45, 7) is 8.83. The molecule has 5 heterocycles. The third-order valence-electron chi connectivity index (χ3n) is 9.14. The zero-order valence-corrected chi connectivity index (χ0v) is 24.7. The van der Waals surface area contributed by atoms with E-state index >= 15 is 0 Å². The number of piperidine rings is 1. The van der Waals surface area contributed by atoms with E-state index < -0.39 is 22.2 Å². The smallest absolute Gasteiger partial charge is 0.314 e. The quantitative estimate of drug-likeness (QED) is 0.207. The van der Waals surface area contributed by atoms with Crippen molar-refractivity contribution < 1.29 is 4.79 Å². The molecule has 0 radical (unpaired) electrons. The third kappa shape index (κ3) is 5.48. The van der Waals surface area contributed by atoms with Crippen LogP contribution >= 0.6 is 0 Å². The van der Waals surface area contributed by atoms with E-state index in [0.717, 1.165) is 79.6 Å². The lowest BCUT2D eigenvalue weighted by Gasteiger charge is -2.35. The zero-order chi connectivity index (χ0) is 30.4. The Morgan fingerprint density at radius 1 is 0.721 bits per heavy atom. The van der Waals surface area contributed by atoms with Crippen molar-refractivity contribution in [3.8, 4) is 0 Å². The monoisotopic (exact) mass is 587 g/mol. The summed E-state index contributed by atoms with van der Waals surface area (Å²) < 4.78 is 0. The van der Waals surface area contributed by atoms with Gasteiger partial charge in [0, 0.05) is 31.1 Å². The maximum Gasteiger partial charge on any atom is 0.314 e. The first-order chi connectivity index (χ1) is 20.6. The second-order valence-electron chi connectivity index (χ2n) is 12.0. The number of rotatable bonds is 1. The fraction of sp³-hybridized carbons (Fsp3) is 0.452. The highest BCUT2D eigenvalue weighted by molar-refractivity contribution is 5.84. The Kier molecular flexibility index (Phi) is 7.65. The Morgan fingerprint density at radius 2 is 1.26 bits per heavy atom. The van der Waals surface area contributed by atoms with Crippen LogP contribution in [0.2, 0.25) is 0 Å². The topological polar surface area (TPSA) is 167 Å². The summed E-state index contributed by atoms with van der Waals surface area (Å²) in [5.74, 6) is 0.299. The van der Waals surface area contributed by atoms with E-state index in [2.05, 4.69) is 37.2 Å². The molecule has 5 N–H and O–H groups in total. The number of hydrogen-bond acceptors (Lipinski definition) is 7. The first kappa shape index (κ1) is 28.8. The molecule has 0 bridgehead atoms. The minimum absolute atomic E-state index is 0.0858. The molecule has 1 saturated heterocycles. The van der Waals surface area contributed by atoms with Gasteiger partial charge in [-0.3, -0.25) is 24.0 Å². The van der Waals surface area contributed by atoms with Gasteiger partial charge in [0.2, 0.25) is 5.91 Å². The number of nitrogens with one attached hydrogen (secondary N) is 5. The van der Waals surface area contributed by atoms with Crippen molar-refractivity contribution in [2.24, 2.45) is 5.92 Å². The Labute approximate surface area is 246 Å². The van der Waals surface area contributed by atoms with Crippen molar-refractivity contribution in [1.82, 2.24) is 35.1 Å². The van der Waals surface area contributed by atoms with Gasteiger partial charge in [0.25, 0.3) is 0 Å². The number of fused-ring (bicyclic) bond motifs is 6. The van der Waals surface area contributed by atoms with Crippen LogP contribution in [0.25, 0.3) is 22.1 Å². The van der Waals surface area contributed by atoms with Crippen LogP contribution in [0, 0.1) is 19.8 Å². The molecule has 0 saturated carbocycles. The molecular weight excluding hydrogens is 550 g/mol. The van der Waals surface area contributed by atoms with Crippen molar-refractivity contribution in [3.63, 3.8) is 0 Å². The zero-order valence-electron chi connectivity index (χ0n) is 24.7. The van der Waals surface area contributed by atoms with Crippen LogP contribution in [-0.2, 0) is 30.7 Å². The molecule has 7 rings (SSSR count). The molecule has 1 amide bonds. The number of H-pyrrole nitrogens is 4. The van der Waals surface area contributed by atoms with Gasteiger partial charge in [-0.25, -0.2) is 0 Å². The Hall–Kier alpha value is -4.29. The molecule has 226 valence electrons. The third-order valence-corrected chi connectivity index (χ3v) is 9.14. The lowest BCUT2D eigenvalue weighted by molar-refractivity contribution is -0.137. The Morgan fingerprint density at radius 3 is 1.86 bits per heavy atom. The fourth-order valence-electron chi connectivity index (χ4n) is 6.75. The molecule has 3 aliphatic rings. The van der Waals surface area contributed by atoms with E-state index in [0.29, 0.717) is 29.6 Å². The molecule has 2 aromatic heterocycles. The SMILES string of the molecule is Cc1cc2[nH]c(=O)c(=O)[nH]c2c2c1CCN(C(=O)C1CCN(C)CC1)C2.Cc1cc2[nH]c(=O)c(=O)[nH]c2c2c1CCNC2. The lowest BCUT2D eigenvalue weighted by atomic mass is 9.91. The Bertz CT molecular complexity index is 1980. The molecule has 0 aliphatic carbocycles. The van der Waals surface area contributed by atoms with E-state index in [1.807, 2.05) is 30.9 Å². The average Bonchev–Trinajstić information content (AvgIpc) is 3.00. The predicted molar refractivity (Wildman–Crippen MR) is 165 cm³/mol. The van der Waals surface area contributed by atoms with Crippen molar-refractivity contribution >= 4 is 28.0 Å². The van der Waals surface area contributed by atoms with Crippen LogP contribution < -0.4 is 27.6 Å². The number of likely N-dealkylation sites (tertiary alicyclic amines) is 1. The summed E-state index contributed by atoms with van der Waals surface area (Å²) in [6.07, 6.45) is 3.53.